The Morgan fingerprint density at radius 1 is 1.20 bits per heavy atom. The number of anilines is 1. The molecule has 2 aromatic heterocycles. The van der Waals surface area contributed by atoms with E-state index in [9.17, 15) is 14.3 Å². The Hall–Kier alpha value is -3.75. The highest BCUT2D eigenvalue weighted by Gasteiger charge is 2.26. The molecular weight excluding hydrogens is 449 g/mol. The van der Waals surface area contributed by atoms with Crippen LogP contribution in [-0.2, 0) is 4.74 Å². The second-order valence-corrected chi connectivity index (χ2v) is 8.68. The summed E-state index contributed by atoms with van der Waals surface area (Å²) in [6.07, 6.45) is 3.88. The third-order valence-corrected chi connectivity index (χ3v) is 6.24. The van der Waals surface area contributed by atoms with Gasteiger partial charge >= 0.3 is 0 Å². The summed E-state index contributed by atoms with van der Waals surface area (Å²) in [7, 11) is 0. The number of hydrogen-bond acceptors (Lipinski definition) is 6. The average Bonchev–Trinajstić information content (AvgIpc) is 3.31. The number of rotatable bonds is 7. The summed E-state index contributed by atoms with van der Waals surface area (Å²) in [5.41, 5.74) is 2.21. The van der Waals surface area contributed by atoms with Crippen LogP contribution in [0.15, 0.2) is 60.9 Å². The summed E-state index contributed by atoms with van der Waals surface area (Å²) in [5, 5.41) is 12.9. The predicted molar refractivity (Wildman–Crippen MR) is 131 cm³/mol. The van der Waals surface area contributed by atoms with Crippen LogP contribution in [0.25, 0.3) is 11.0 Å². The molecule has 0 bridgehead atoms. The number of nitrogens with one attached hydrogen (secondary N) is 2. The lowest BCUT2D eigenvalue weighted by Gasteiger charge is -2.29. The van der Waals surface area contributed by atoms with Gasteiger partial charge < -0.3 is 24.9 Å². The van der Waals surface area contributed by atoms with Crippen LogP contribution in [0, 0.1) is 12.7 Å². The minimum absolute atomic E-state index is 0.0361. The summed E-state index contributed by atoms with van der Waals surface area (Å²) >= 11 is 0. The van der Waals surface area contributed by atoms with Crippen LogP contribution in [0.2, 0.25) is 0 Å². The molecule has 1 aliphatic heterocycles. The lowest BCUT2D eigenvalue weighted by Crippen LogP contribution is -2.36. The number of carbonyl (C=O) groups is 1. The second-order valence-electron chi connectivity index (χ2n) is 8.68. The van der Waals surface area contributed by atoms with Crippen molar-refractivity contribution in [3.8, 4) is 11.5 Å². The number of hydrogen-bond donors (Lipinski definition) is 3. The van der Waals surface area contributed by atoms with Crippen LogP contribution in [0.4, 0.5) is 10.1 Å². The van der Waals surface area contributed by atoms with Crippen molar-refractivity contribution in [1.29, 1.82) is 0 Å². The third-order valence-electron chi connectivity index (χ3n) is 6.24. The van der Waals surface area contributed by atoms with E-state index in [1.807, 2.05) is 43.3 Å². The largest absolute Gasteiger partial charge is 0.457 e. The van der Waals surface area contributed by atoms with Gasteiger partial charge in [-0.25, -0.2) is 9.37 Å². The quantitative estimate of drug-likeness (QED) is 0.326. The molecule has 2 aromatic carbocycles. The summed E-state index contributed by atoms with van der Waals surface area (Å²) < 4.78 is 26.4. The van der Waals surface area contributed by atoms with Crippen molar-refractivity contribution in [2.75, 3.05) is 18.5 Å². The van der Waals surface area contributed by atoms with Crippen LogP contribution in [0.1, 0.15) is 34.3 Å². The van der Waals surface area contributed by atoms with Gasteiger partial charge in [-0.2, -0.15) is 0 Å². The van der Waals surface area contributed by atoms with Crippen LogP contribution in [-0.4, -0.2) is 46.2 Å². The molecule has 35 heavy (non-hydrogen) atoms. The van der Waals surface area contributed by atoms with E-state index in [1.165, 1.54) is 0 Å². The number of fused-ring (bicyclic) bond motifs is 1. The zero-order valence-corrected chi connectivity index (χ0v) is 19.3. The van der Waals surface area contributed by atoms with E-state index in [2.05, 4.69) is 15.3 Å². The fourth-order valence-corrected chi connectivity index (χ4v) is 4.38. The monoisotopic (exact) mass is 475 g/mol. The highest BCUT2D eigenvalue weighted by atomic mass is 19.1. The van der Waals surface area contributed by atoms with E-state index >= 15 is 0 Å². The second kappa shape index (κ2) is 9.85. The number of aromatic nitrogens is 2. The molecule has 0 amide bonds. The number of para-hydroxylation sites is 1. The van der Waals surface area contributed by atoms with Crippen LogP contribution in [0.3, 0.4) is 0 Å². The fraction of sp³-hybridized carbons (Fsp3) is 0.259. The van der Waals surface area contributed by atoms with Crippen molar-refractivity contribution >= 4 is 22.5 Å². The number of aromatic amines is 1. The predicted octanol–water partition coefficient (Wildman–Crippen LogP) is 4.99. The minimum Gasteiger partial charge on any atom is -0.457 e. The van der Waals surface area contributed by atoms with Crippen molar-refractivity contribution in [1.82, 2.24) is 9.97 Å². The van der Waals surface area contributed by atoms with Crippen molar-refractivity contribution in [3.63, 3.8) is 0 Å². The van der Waals surface area contributed by atoms with Gasteiger partial charge in [0, 0.05) is 17.8 Å². The fourth-order valence-electron chi connectivity index (χ4n) is 4.38. The number of aryl methyl sites for hydroxylation is 1. The number of H-pyrrole nitrogens is 1. The first-order chi connectivity index (χ1) is 17.0. The minimum atomic E-state index is -0.543. The van der Waals surface area contributed by atoms with E-state index in [0.29, 0.717) is 53.1 Å². The van der Waals surface area contributed by atoms with Gasteiger partial charge in [0.15, 0.2) is 11.6 Å². The van der Waals surface area contributed by atoms with Gasteiger partial charge in [-0.05, 0) is 55.7 Å². The van der Waals surface area contributed by atoms with Gasteiger partial charge in [0.1, 0.15) is 17.1 Å². The number of benzene rings is 2. The van der Waals surface area contributed by atoms with Gasteiger partial charge in [-0.15, -0.1) is 0 Å². The van der Waals surface area contributed by atoms with E-state index < -0.39 is 5.82 Å². The van der Waals surface area contributed by atoms with Gasteiger partial charge in [-0.1, -0.05) is 18.2 Å². The van der Waals surface area contributed by atoms with Crippen molar-refractivity contribution in [2.45, 2.75) is 31.9 Å². The molecule has 8 heteroatoms. The van der Waals surface area contributed by atoms with E-state index in [4.69, 9.17) is 9.47 Å². The van der Waals surface area contributed by atoms with Gasteiger partial charge in [0.25, 0.3) is 0 Å². The van der Waals surface area contributed by atoms with Crippen LogP contribution in [0.5, 0.6) is 11.5 Å². The van der Waals surface area contributed by atoms with Crippen molar-refractivity contribution in [2.24, 2.45) is 0 Å². The number of pyridine rings is 1. The lowest BCUT2D eigenvalue weighted by atomic mass is 9.98. The molecule has 0 aliphatic carbocycles. The Kier molecular flexibility index (Phi) is 6.48. The number of nitrogens with zero attached hydrogens (tertiary/aromatic N) is 1. The maximum Gasteiger partial charge on any atom is 0.195 e. The molecule has 5 rings (SSSR count). The number of ketones is 1. The van der Waals surface area contributed by atoms with Gasteiger partial charge in [-0.3, -0.25) is 4.79 Å². The maximum absolute atomic E-state index is 14.9. The normalized spacial score (nSPS) is 17.9. The number of aliphatic hydroxyl groups is 1. The average molecular weight is 476 g/mol. The first-order valence-electron chi connectivity index (χ1n) is 11.6. The number of ether oxygens (including phenoxy) is 2. The molecule has 1 saturated heterocycles. The van der Waals surface area contributed by atoms with Gasteiger partial charge in [0.2, 0.25) is 0 Å². The zero-order chi connectivity index (χ0) is 24.4. The maximum atomic E-state index is 14.9. The molecule has 1 aliphatic rings. The smallest absolute Gasteiger partial charge is 0.195 e. The van der Waals surface area contributed by atoms with Crippen molar-refractivity contribution in [3.05, 3.63) is 83.4 Å². The topological polar surface area (TPSA) is 96.5 Å². The molecule has 0 unspecified atom stereocenters. The van der Waals surface area contributed by atoms with Crippen LogP contribution >= 0.6 is 0 Å². The first kappa shape index (κ1) is 23.0. The van der Waals surface area contributed by atoms with E-state index in [-0.39, 0.29) is 30.2 Å². The van der Waals surface area contributed by atoms with E-state index in [1.54, 1.807) is 18.3 Å². The van der Waals surface area contributed by atoms with Crippen molar-refractivity contribution < 1.29 is 23.8 Å². The summed E-state index contributed by atoms with van der Waals surface area (Å²) in [4.78, 5) is 20.7. The molecule has 3 N–H and O–H groups in total. The molecule has 1 fully saturated rings. The molecule has 0 radical (unpaired) electrons. The number of carbonyl (C=O) groups excluding carboxylic acids is 1. The van der Waals surface area contributed by atoms with Crippen LogP contribution < -0.4 is 10.1 Å². The summed E-state index contributed by atoms with van der Waals surface area (Å²) in [6, 6.07) is 14.5. The Labute approximate surface area is 201 Å². The molecule has 0 saturated carbocycles. The van der Waals surface area contributed by atoms with E-state index in [0.717, 1.165) is 11.8 Å². The standard InChI is InChI=1S/C27H26FN3O4/c1-16-11-19(35-18-5-3-2-4-6-18)9-10-21(16)26(33)22-12-29-27-24(22)25(23(28)13-30-27)31-17-7-8-20(14-32)34-15-17/h2-6,9-13,17,20,32H,7-8,14-15H2,1H3,(H2,29,30,31)/t17-,20+/m1/s1. The third kappa shape index (κ3) is 4.76. The Morgan fingerprint density at radius 2 is 2.03 bits per heavy atom. The molecule has 4 aromatic rings. The Bertz CT molecular complexity index is 1350. The zero-order valence-electron chi connectivity index (χ0n) is 19.3. The Morgan fingerprint density at radius 3 is 2.74 bits per heavy atom. The molecule has 2 atom stereocenters. The number of halogens is 1. The number of aliphatic hydroxyl groups excluding tert-OH is 1. The molecule has 7 nitrogen and oxygen atoms in total. The highest BCUT2D eigenvalue weighted by Crippen LogP contribution is 2.32. The SMILES string of the molecule is Cc1cc(Oc2ccccc2)ccc1C(=O)c1c[nH]c2ncc(F)c(N[C@@H]3CC[C@@H](CO)OC3)c12. The Balaban J connectivity index is 1.44. The molecule has 180 valence electrons. The highest BCUT2D eigenvalue weighted by molar-refractivity contribution is 6.19. The summed E-state index contributed by atoms with van der Waals surface area (Å²) in [6.45, 7) is 2.14. The lowest BCUT2D eigenvalue weighted by molar-refractivity contribution is -0.0223. The van der Waals surface area contributed by atoms with Gasteiger partial charge in [0.05, 0.1) is 42.2 Å². The molecule has 0 spiro atoms. The summed E-state index contributed by atoms with van der Waals surface area (Å²) in [5.74, 6) is 0.545. The molecule has 3 heterocycles. The molecular formula is C27H26FN3O4. The first-order valence-corrected chi connectivity index (χ1v) is 11.6.